The molecule has 23 heavy (non-hydrogen) atoms. The minimum atomic E-state index is 0.0982. The smallest absolute Gasteiger partial charge is 0.220 e. The molecule has 0 radical (unpaired) electrons. The molecule has 0 saturated heterocycles. The van der Waals surface area contributed by atoms with E-state index in [2.05, 4.69) is 30.4 Å². The topological polar surface area (TPSA) is 64.4 Å². The number of rotatable bonds is 7. The van der Waals surface area contributed by atoms with Gasteiger partial charge in [-0.1, -0.05) is 18.6 Å². The van der Waals surface area contributed by atoms with Gasteiger partial charge in [-0.25, -0.2) is 0 Å². The van der Waals surface area contributed by atoms with E-state index in [1.807, 2.05) is 0 Å². The van der Waals surface area contributed by atoms with E-state index in [0.29, 0.717) is 18.9 Å². The zero-order valence-electron chi connectivity index (χ0n) is 14.0. The molecule has 2 atom stereocenters. The van der Waals surface area contributed by atoms with Gasteiger partial charge in [-0.15, -0.1) is 0 Å². The second-order valence-electron chi connectivity index (χ2n) is 7.20. The first-order chi connectivity index (χ1) is 11.1. The fourth-order valence-corrected chi connectivity index (χ4v) is 3.26. The zero-order chi connectivity index (χ0) is 16.2. The Morgan fingerprint density at radius 2 is 2.13 bits per heavy atom. The first kappa shape index (κ1) is 16.3. The minimum absolute atomic E-state index is 0.0982. The number of carbonyl (C=O) groups excluding carboxylic acids is 1. The van der Waals surface area contributed by atoms with Gasteiger partial charge in [-0.2, -0.15) is 0 Å². The van der Waals surface area contributed by atoms with Crippen LogP contribution in [0.4, 0.5) is 0 Å². The molecule has 0 spiro atoms. The van der Waals surface area contributed by atoms with Crippen molar-refractivity contribution in [3.8, 4) is 5.75 Å². The number of nitrogens with two attached hydrogens (primary N) is 1. The number of hydrogen-bond donors (Lipinski definition) is 2. The monoisotopic (exact) mass is 316 g/mol. The fraction of sp³-hybridized carbons (Fsp3) is 0.632. The van der Waals surface area contributed by atoms with Crippen molar-refractivity contribution in [2.24, 2.45) is 17.6 Å². The summed E-state index contributed by atoms with van der Waals surface area (Å²) in [4.78, 5) is 12.2. The highest BCUT2D eigenvalue weighted by Gasteiger charge is 2.26. The Kier molecular flexibility index (Phi) is 5.21. The Morgan fingerprint density at radius 1 is 1.30 bits per heavy atom. The van der Waals surface area contributed by atoms with E-state index in [1.165, 1.54) is 18.4 Å². The summed E-state index contributed by atoms with van der Waals surface area (Å²) in [5.41, 5.74) is 8.29. The summed E-state index contributed by atoms with van der Waals surface area (Å²) in [5.74, 6) is 2.08. The lowest BCUT2D eigenvalue weighted by Gasteiger charge is -2.16. The number of ether oxygens (including phenoxy) is 1. The summed E-state index contributed by atoms with van der Waals surface area (Å²) < 4.78 is 5.95. The summed E-state index contributed by atoms with van der Waals surface area (Å²) >= 11 is 0. The molecule has 0 bridgehead atoms. The van der Waals surface area contributed by atoms with Crippen LogP contribution in [0.5, 0.6) is 5.75 Å². The van der Waals surface area contributed by atoms with Crippen LogP contribution in [0.1, 0.15) is 49.7 Å². The molecule has 2 aliphatic rings. The highest BCUT2D eigenvalue weighted by molar-refractivity contribution is 5.76. The van der Waals surface area contributed by atoms with Crippen molar-refractivity contribution in [1.82, 2.24) is 5.32 Å². The zero-order valence-corrected chi connectivity index (χ0v) is 14.0. The molecular weight excluding hydrogens is 288 g/mol. The van der Waals surface area contributed by atoms with Gasteiger partial charge < -0.3 is 15.8 Å². The first-order valence-electron chi connectivity index (χ1n) is 8.86. The highest BCUT2D eigenvalue weighted by Crippen LogP contribution is 2.31. The van der Waals surface area contributed by atoms with E-state index in [4.69, 9.17) is 10.5 Å². The lowest BCUT2D eigenvalue weighted by Crippen LogP contribution is -2.31. The van der Waals surface area contributed by atoms with Crippen LogP contribution in [0.15, 0.2) is 18.2 Å². The molecule has 1 aromatic carbocycles. The Bertz CT molecular complexity index is 554. The lowest BCUT2D eigenvalue weighted by atomic mass is 10.00. The highest BCUT2D eigenvalue weighted by atomic mass is 16.5. The molecule has 126 valence electrons. The quantitative estimate of drug-likeness (QED) is 0.813. The van der Waals surface area contributed by atoms with Gasteiger partial charge in [0.15, 0.2) is 0 Å². The molecule has 3 N–H and O–H groups in total. The molecule has 3 rings (SSSR count). The molecule has 2 fully saturated rings. The van der Waals surface area contributed by atoms with Crippen LogP contribution in [0.25, 0.3) is 0 Å². The van der Waals surface area contributed by atoms with Gasteiger partial charge in [-0.3, -0.25) is 4.79 Å². The average Bonchev–Trinajstić information content (AvgIpc) is 3.27. The lowest BCUT2D eigenvalue weighted by molar-refractivity contribution is -0.122. The number of amides is 1. The van der Waals surface area contributed by atoms with E-state index < -0.39 is 0 Å². The maximum atomic E-state index is 12.2. The molecule has 1 aromatic rings. The summed E-state index contributed by atoms with van der Waals surface area (Å²) in [6.07, 6.45) is 6.38. The second-order valence-corrected chi connectivity index (χ2v) is 7.20. The molecule has 1 amide bonds. The van der Waals surface area contributed by atoms with Crippen LogP contribution in [0.2, 0.25) is 0 Å². The molecule has 4 nitrogen and oxygen atoms in total. The standard InChI is InChI=1S/C19H28N2O2/c1-13-5-8-16(18(9-13)23-12-14-6-7-14)11-21-19(22)10-15-3-2-4-17(15)20/h5,8-9,14-15,17H,2-4,6-7,10-12,20H2,1H3,(H,21,22)/t15-,17+/m0/s1. The number of benzene rings is 1. The molecule has 2 aliphatic carbocycles. The maximum Gasteiger partial charge on any atom is 0.220 e. The van der Waals surface area contributed by atoms with Gasteiger partial charge in [-0.05, 0) is 56.1 Å². The van der Waals surface area contributed by atoms with Gasteiger partial charge in [0.2, 0.25) is 5.91 Å². The minimum Gasteiger partial charge on any atom is -0.493 e. The number of nitrogens with one attached hydrogen (secondary N) is 1. The number of aryl methyl sites for hydroxylation is 1. The second kappa shape index (κ2) is 7.35. The molecule has 0 aromatic heterocycles. The number of carbonyl (C=O) groups is 1. The first-order valence-corrected chi connectivity index (χ1v) is 8.86. The van der Waals surface area contributed by atoms with Crippen LogP contribution < -0.4 is 15.8 Å². The van der Waals surface area contributed by atoms with E-state index in [1.54, 1.807) is 0 Å². The van der Waals surface area contributed by atoms with Crippen molar-refractivity contribution in [2.75, 3.05) is 6.61 Å². The Hall–Kier alpha value is -1.55. The van der Waals surface area contributed by atoms with Gasteiger partial charge >= 0.3 is 0 Å². The largest absolute Gasteiger partial charge is 0.493 e. The summed E-state index contributed by atoms with van der Waals surface area (Å²) in [6.45, 7) is 3.39. The van der Waals surface area contributed by atoms with Crippen molar-refractivity contribution in [1.29, 1.82) is 0 Å². The molecule has 0 aliphatic heterocycles. The van der Waals surface area contributed by atoms with Crippen molar-refractivity contribution in [3.05, 3.63) is 29.3 Å². The van der Waals surface area contributed by atoms with Crippen molar-refractivity contribution in [3.63, 3.8) is 0 Å². The summed E-state index contributed by atoms with van der Waals surface area (Å²) in [5, 5.41) is 3.04. The van der Waals surface area contributed by atoms with E-state index >= 15 is 0 Å². The molecule has 4 heteroatoms. The van der Waals surface area contributed by atoms with E-state index in [9.17, 15) is 4.79 Å². The fourth-order valence-electron chi connectivity index (χ4n) is 3.26. The summed E-state index contributed by atoms with van der Waals surface area (Å²) in [6, 6.07) is 6.38. The van der Waals surface area contributed by atoms with Crippen LogP contribution in [0, 0.1) is 18.8 Å². The van der Waals surface area contributed by atoms with Gasteiger partial charge in [0.05, 0.1) is 6.61 Å². The Balaban J connectivity index is 1.52. The third-order valence-electron chi connectivity index (χ3n) is 5.04. The van der Waals surface area contributed by atoms with Gasteiger partial charge in [0.1, 0.15) is 5.75 Å². The summed E-state index contributed by atoms with van der Waals surface area (Å²) in [7, 11) is 0. The van der Waals surface area contributed by atoms with Crippen LogP contribution in [-0.2, 0) is 11.3 Å². The van der Waals surface area contributed by atoms with E-state index in [0.717, 1.165) is 43.1 Å². The Morgan fingerprint density at radius 3 is 2.83 bits per heavy atom. The molecular formula is C19H28N2O2. The average molecular weight is 316 g/mol. The van der Waals surface area contributed by atoms with Crippen molar-refractivity contribution >= 4 is 5.91 Å². The Labute approximate surface area is 138 Å². The van der Waals surface area contributed by atoms with E-state index in [-0.39, 0.29) is 11.9 Å². The number of hydrogen-bond acceptors (Lipinski definition) is 3. The van der Waals surface area contributed by atoms with Crippen LogP contribution in [0.3, 0.4) is 0 Å². The maximum absolute atomic E-state index is 12.2. The van der Waals surface area contributed by atoms with Crippen molar-refractivity contribution in [2.45, 2.75) is 58.0 Å². The molecule has 0 heterocycles. The van der Waals surface area contributed by atoms with Crippen molar-refractivity contribution < 1.29 is 9.53 Å². The predicted molar refractivity (Wildman–Crippen MR) is 91.2 cm³/mol. The third kappa shape index (κ3) is 4.71. The SMILES string of the molecule is Cc1ccc(CNC(=O)C[C@@H]2CCC[C@H]2N)c(OCC2CC2)c1. The molecule has 0 unspecified atom stereocenters. The van der Waals surface area contributed by atoms with Crippen LogP contribution in [-0.4, -0.2) is 18.6 Å². The molecule has 2 saturated carbocycles. The normalized spacial score (nSPS) is 23.7. The third-order valence-corrected chi connectivity index (χ3v) is 5.04. The predicted octanol–water partition coefficient (Wildman–Crippen LogP) is 2.92. The van der Waals surface area contributed by atoms with Gasteiger partial charge in [0.25, 0.3) is 0 Å². The van der Waals surface area contributed by atoms with Crippen LogP contribution >= 0.6 is 0 Å². The van der Waals surface area contributed by atoms with Gasteiger partial charge in [0, 0.05) is 24.6 Å².